The number of rotatable bonds is 9. The summed E-state index contributed by atoms with van der Waals surface area (Å²) in [5.74, 6) is -1.19. The largest absolute Gasteiger partial charge is 0.473 e. The molecule has 0 aliphatic rings. The number of nitrogens with zero attached hydrogens (tertiary/aromatic N) is 1. The highest BCUT2D eigenvalue weighted by atomic mass is 19.4. The molecular weight excluding hydrogens is 575 g/mol. The number of ether oxygens (including phenoxy) is 2. The van der Waals surface area contributed by atoms with E-state index in [-0.39, 0.29) is 16.9 Å². The second-order valence-corrected chi connectivity index (χ2v) is 10.8. The number of pyridine rings is 1. The molecule has 3 aromatic carbocycles. The van der Waals surface area contributed by atoms with Crippen LogP contribution >= 0.6 is 0 Å². The number of hydrogen-bond donors (Lipinski definition) is 2. The lowest BCUT2D eigenvalue weighted by Crippen LogP contribution is -2.27. The van der Waals surface area contributed by atoms with Crippen molar-refractivity contribution in [3.8, 4) is 17.0 Å². The number of carbonyl (C=O) groups is 3. The molecule has 8 nitrogen and oxygen atoms in total. The minimum atomic E-state index is -4.64. The van der Waals surface area contributed by atoms with E-state index in [1.807, 2.05) is 30.3 Å². The maximum atomic E-state index is 13.1. The number of Topliss-reactive ketones (excluding diaryl/α,β-unsaturated/α-hetero) is 1. The molecule has 0 aliphatic heterocycles. The molecule has 44 heavy (non-hydrogen) atoms. The van der Waals surface area contributed by atoms with Gasteiger partial charge in [-0.3, -0.25) is 14.9 Å². The molecule has 0 saturated carbocycles. The average Bonchev–Trinajstić information content (AvgIpc) is 2.96. The Morgan fingerprint density at radius 3 is 2.18 bits per heavy atom. The third-order valence-electron chi connectivity index (χ3n) is 6.06. The molecule has 1 heterocycles. The predicted octanol–water partition coefficient (Wildman–Crippen LogP) is 7.90. The molecule has 4 aromatic rings. The maximum absolute atomic E-state index is 13.1. The number of aromatic nitrogens is 1. The highest BCUT2D eigenvalue weighted by Crippen LogP contribution is 2.32. The zero-order chi connectivity index (χ0) is 31.9. The smallest absolute Gasteiger partial charge is 0.416 e. The molecule has 0 unspecified atom stereocenters. The highest BCUT2D eigenvalue weighted by Gasteiger charge is 2.31. The van der Waals surface area contributed by atoms with Gasteiger partial charge in [0.2, 0.25) is 11.8 Å². The molecule has 0 bridgehead atoms. The quantitative estimate of drug-likeness (QED) is 0.148. The number of alkyl halides is 3. The summed E-state index contributed by atoms with van der Waals surface area (Å²) in [4.78, 5) is 42.4. The normalized spacial score (nSPS) is 11.4. The van der Waals surface area contributed by atoms with Crippen molar-refractivity contribution in [1.29, 1.82) is 0 Å². The van der Waals surface area contributed by atoms with Crippen LogP contribution in [-0.4, -0.2) is 28.4 Å². The van der Waals surface area contributed by atoms with Gasteiger partial charge in [-0.2, -0.15) is 13.2 Å². The Labute approximate surface area is 252 Å². The lowest BCUT2D eigenvalue weighted by Gasteiger charge is -2.21. The van der Waals surface area contributed by atoms with Crippen molar-refractivity contribution < 1.29 is 37.0 Å². The molecule has 4 rings (SSSR count). The second kappa shape index (κ2) is 13.4. The molecule has 2 N–H and O–H groups in total. The van der Waals surface area contributed by atoms with Crippen LogP contribution in [0.5, 0.6) is 5.88 Å². The van der Waals surface area contributed by atoms with Crippen LogP contribution in [-0.2, 0) is 22.3 Å². The summed E-state index contributed by atoms with van der Waals surface area (Å²) in [6.07, 6.45) is -4.56. The Kier molecular flexibility index (Phi) is 9.67. The molecule has 0 radical (unpaired) electrons. The van der Waals surface area contributed by atoms with Crippen molar-refractivity contribution in [3.05, 3.63) is 108 Å². The van der Waals surface area contributed by atoms with Crippen molar-refractivity contribution in [2.24, 2.45) is 0 Å². The van der Waals surface area contributed by atoms with Gasteiger partial charge in [-0.05, 0) is 62.2 Å². The van der Waals surface area contributed by atoms with Gasteiger partial charge in [-0.15, -0.1) is 0 Å². The van der Waals surface area contributed by atoms with Gasteiger partial charge in [-0.25, -0.2) is 9.78 Å². The van der Waals surface area contributed by atoms with Gasteiger partial charge in [0.1, 0.15) is 12.2 Å². The standard InChI is InChI=1S/C33H30F3N3O5/c1-32(2,3)44-31(42)39-26-14-12-22(24-13-15-30(37-19-24)43-20-21-8-5-4-6-9-21)17-27(26)38-29(41)18-28(40)23-10-7-11-25(16-23)33(34,35)36/h4-17,19H,18,20H2,1-3H3,(H,38,41)(H,39,42). The third kappa shape index (κ3) is 9.15. The Morgan fingerprint density at radius 2 is 1.52 bits per heavy atom. The molecular formula is C33H30F3N3O5. The molecule has 11 heteroatoms. The summed E-state index contributed by atoms with van der Waals surface area (Å²) in [5.41, 5.74) is 0.539. The van der Waals surface area contributed by atoms with Crippen molar-refractivity contribution in [2.75, 3.05) is 10.6 Å². The van der Waals surface area contributed by atoms with Crippen LogP contribution in [0.4, 0.5) is 29.3 Å². The first-order valence-corrected chi connectivity index (χ1v) is 13.5. The first-order valence-electron chi connectivity index (χ1n) is 13.5. The number of halogens is 3. The lowest BCUT2D eigenvalue weighted by atomic mass is 10.0. The van der Waals surface area contributed by atoms with E-state index in [1.54, 1.807) is 57.3 Å². The number of nitrogens with one attached hydrogen (secondary N) is 2. The maximum Gasteiger partial charge on any atom is 0.416 e. The van der Waals surface area contributed by atoms with Gasteiger partial charge < -0.3 is 14.8 Å². The van der Waals surface area contributed by atoms with E-state index in [2.05, 4.69) is 15.6 Å². The number of carbonyl (C=O) groups excluding carboxylic acids is 3. The van der Waals surface area contributed by atoms with Gasteiger partial charge >= 0.3 is 12.3 Å². The second-order valence-electron chi connectivity index (χ2n) is 10.8. The topological polar surface area (TPSA) is 107 Å². The van der Waals surface area contributed by atoms with Gasteiger partial charge in [-0.1, -0.05) is 48.5 Å². The summed E-state index contributed by atoms with van der Waals surface area (Å²) >= 11 is 0. The highest BCUT2D eigenvalue weighted by molar-refractivity contribution is 6.12. The minimum absolute atomic E-state index is 0.139. The van der Waals surface area contributed by atoms with Crippen LogP contribution < -0.4 is 15.4 Å². The summed E-state index contributed by atoms with van der Waals surface area (Å²) < 4.78 is 50.3. The Balaban J connectivity index is 1.53. The summed E-state index contributed by atoms with van der Waals surface area (Å²) in [6, 6.07) is 21.7. The van der Waals surface area contributed by atoms with Crippen molar-refractivity contribution >= 4 is 29.2 Å². The molecule has 0 fully saturated rings. The minimum Gasteiger partial charge on any atom is -0.473 e. The van der Waals surface area contributed by atoms with Crippen molar-refractivity contribution in [1.82, 2.24) is 4.98 Å². The molecule has 2 amide bonds. The van der Waals surface area contributed by atoms with Crippen LogP contribution in [0.3, 0.4) is 0 Å². The fourth-order valence-corrected chi connectivity index (χ4v) is 4.03. The number of anilines is 2. The van der Waals surface area contributed by atoms with Crippen LogP contribution in [0, 0.1) is 0 Å². The summed E-state index contributed by atoms with van der Waals surface area (Å²) in [7, 11) is 0. The van der Waals surface area contributed by atoms with E-state index >= 15 is 0 Å². The summed E-state index contributed by atoms with van der Waals surface area (Å²) in [6.45, 7) is 5.42. The molecule has 228 valence electrons. The summed E-state index contributed by atoms with van der Waals surface area (Å²) in [5, 5.41) is 5.17. The van der Waals surface area contributed by atoms with E-state index in [1.165, 1.54) is 6.07 Å². The van der Waals surface area contributed by atoms with E-state index in [9.17, 15) is 27.6 Å². The van der Waals surface area contributed by atoms with Crippen molar-refractivity contribution in [2.45, 2.75) is 45.6 Å². The Bertz CT molecular complexity index is 1630. The third-order valence-corrected chi connectivity index (χ3v) is 6.06. The molecule has 0 atom stereocenters. The Morgan fingerprint density at radius 1 is 0.795 bits per heavy atom. The van der Waals surface area contributed by atoms with Crippen LogP contribution in [0.2, 0.25) is 0 Å². The molecule has 0 saturated heterocycles. The first-order chi connectivity index (χ1) is 20.8. The number of amides is 2. The predicted molar refractivity (Wildman–Crippen MR) is 159 cm³/mol. The van der Waals surface area contributed by atoms with E-state index in [4.69, 9.17) is 9.47 Å². The lowest BCUT2D eigenvalue weighted by molar-refractivity contribution is -0.137. The van der Waals surface area contributed by atoms with Crippen LogP contribution in [0.15, 0.2) is 91.1 Å². The fourth-order valence-electron chi connectivity index (χ4n) is 4.03. The van der Waals surface area contributed by atoms with Crippen molar-refractivity contribution in [3.63, 3.8) is 0 Å². The fraction of sp³-hybridized carbons (Fsp3) is 0.212. The van der Waals surface area contributed by atoms with E-state index in [0.717, 1.165) is 17.7 Å². The van der Waals surface area contributed by atoms with Crippen LogP contribution in [0.25, 0.3) is 11.1 Å². The number of ketones is 1. The Hall–Kier alpha value is -5.19. The molecule has 1 aromatic heterocycles. The van der Waals surface area contributed by atoms with Gasteiger partial charge in [0.05, 0.1) is 23.4 Å². The zero-order valence-electron chi connectivity index (χ0n) is 24.2. The SMILES string of the molecule is CC(C)(C)OC(=O)Nc1ccc(-c2ccc(OCc3ccccc3)nc2)cc1NC(=O)CC(=O)c1cccc(C(F)(F)F)c1. The molecule has 0 aliphatic carbocycles. The monoisotopic (exact) mass is 605 g/mol. The van der Waals surface area contributed by atoms with Gasteiger partial charge in [0.15, 0.2) is 5.78 Å². The van der Waals surface area contributed by atoms with Gasteiger partial charge in [0.25, 0.3) is 0 Å². The zero-order valence-corrected chi connectivity index (χ0v) is 24.2. The van der Waals surface area contributed by atoms with Gasteiger partial charge in [0, 0.05) is 23.4 Å². The first kappa shape index (κ1) is 31.7. The average molecular weight is 606 g/mol. The number of hydrogen-bond acceptors (Lipinski definition) is 6. The molecule has 0 spiro atoms. The number of benzene rings is 3. The van der Waals surface area contributed by atoms with Crippen LogP contribution in [0.1, 0.15) is 48.7 Å². The van der Waals surface area contributed by atoms with E-state index < -0.39 is 41.5 Å². The van der Waals surface area contributed by atoms with E-state index in [0.29, 0.717) is 29.7 Å².